The fourth-order valence-corrected chi connectivity index (χ4v) is 3.15. The van der Waals surface area contributed by atoms with E-state index >= 15 is 0 Å². The van der Waals surface area contributed by atoms with E-state index in [0.29, 0.717) is 18.8 Å². The highest BCUT2D eigenvalue weighted by Gasteiger charge is 2.21. The first-order valence-electron chi connectivity index (χ1n) is 8.40. The Morgan fingerprint density at radius 3 is 2.79 bits per heavy atom. The molecule has 0 bridgehead atoms. The van der Waals surface area contributed by atoms with Crippen molar-refractivity contribution < 1.29 is 19.0 Å². The SMILES string of the molecule is COc1cccc(CN(Cc2ccc(C)o2)CC2CCCO2)c1O. The lowest BCUT2D eigenvalue weighted by molar-refractivity contribution is 0.0651. The molecule has 1 fully saturated rings. The van der Waals surface area contributed by atoms with Crippen molar-refractivity contribution in [3.8, 4) is 11.5 Å². The van der Waals surface area contributed by atoms with E-state index in [1.54, 1.807) is 13.2 Å². The lowest BCUT2D eigenvalue weighted by Crippen LogP contribution is -2.31. The molecule has 0 aliphatic carbocycles. The van der Waals surface area contributed by atoms with Crippen molar-refractivity contribution in [3.05, 3.63) is 47.4 Å². The number of para-hydroxylation sites is 1. The highest BCUT2D eigenvalue weighted by molar-refractivity contribution is 5.45. The standard InChI is InChI=1S/C19H25NO4/c1-14-8-9-17(24-14)13-20(12-16-6-4-10-23-16)11-15-5-3-7-18(22-2)19(15)21/h3,5,7-9,16,21H,4,6,10-13H2,1-2H3. The number of aromatic hydroxyl groups is 1. The first kappa shape index (κ1) is 16.9. The van der Waals surface area contributed by atoms with E-state index in [1.807, 2.05) is 31.2 Å². The van der Waals surface area contributed by atoms with Crippen LogP contribution in [0.4, 0.5) is 0 Å². The van der Waals surface area contributed by atoms with Crippen LogP contribution >= 0.6 is 0 Å². The van der Waals surface area contributed by atoms with Crippen LogP contribution in [0, 0.1) is 6.92 Å². The van der Waals surface area contributed by atoms with Gasteiger partial charge in [0.1, 0.15) is 11.5 Å². The van der Waals surface area contributed by atoms with Gasteiger partial charge in [0.05, 0.1) is 19.8 Å². The van der Waals surface area contributed by atoms with Gasteiger partial charge in [0.25, 0.3) is 0 Å². The molecule has 130 valence electrons. The zero-order valence-electron chi connectivity index (χ0n) is 14.3. The van der Waals surface area contributed by atoms with Crippen LogP contribution in [0.1, 0.15) is 29.9 Å². The maximum absolute atomic E-state index is 10.4. The minimum atomic E-state index is 0.202. The van der Waals surface area contributed by atoms with E-state index in [2.05, 4.69) is 4.90 Å². The molecule has 5 nitrogen and oxygen atoms in total. The van der Waals surface area contributed by atoms with Crippen LogP contribution in [0.15, 0.2) is 34.7 Å². The average Bonchev–Trinajstić information content (AvgIpc) is 3.21. The summed E-state index contributed by atoms with van der Waals surface area (Å²) in [5.74, 6) is 2.53. The van der Waals surface area contributed by atoms with Gasteiger partial charge in [-0.1, -0.05) is 12.1 Å². The number of ether oxygens (including phenoxy) is 2. The van der Waals surface area contributed by atoms with E-state index in [1.165, 1.54) is 0 Å². The molecule has 24 heavy (non-hydrogen) atoms. The fourth-order valence-electron chi connectivity index (χ4n) is 3.15. The summed E-state index contributed by atoms with van der Waals surface area (Å²) in [7, 11) is 1.56. The Labute approximate surface area is 142 Å². The van der Waals surface area contributed by atoms with Gasteiger partial charge in [-0.3, -0.25) is 4.90 Å². The summed E-state index contributed by atoms with van der Waals surface area (Å²) in [6.45, 7) is 4.90. The normalized spacial score (nSPS) is 17.5. The molecule has 1 unspecified atom stereocenters. The minimum absolute atomic E-state index is 0.202. The number of aryl methyl sites for hydroxylation is 1. The summed E-state index contributed by atoms with van der Waals surface area (Å²) in [6.07, 6.45) is 2.44. The van der Waals surface area contributed by atoms with Crippen LogP contribution in [-0.2, 0) is 17.8 Å². The first-order valence-corrected chi connectivity index (χ1v) is 8.40. The predicted molar refractivity (Wildman–Crippen MR) is 91.2 cm³/mol. The minimum Gasteiger partial charge on any atom is -0.504 e. The number of nitrogens with zero attached hydrogens (tertiary/aromatic N) is 1. The average molecular weight is 331 g/mol. The molecule has 3 rings (SSSR count). The number of methoxy groups -OCH3 is 1. The van der Waals surface area contributed by atoms with Gasteiger partial charge < -0.3 is 19.0 Å². The van der Waals surface area contributed by atoms with Crippen LogP contribution in [0.5, 0.6) is 11.5 Å². The van der Waals surface area contributed by atoms with Crippen molar-refractivity contribution in [1.82, 2.24) is 4.90 Å². The molecule has 1 aromatic carbocycles. The predicted octanol–water partition coefficient (Wildman–Crippen LogP) is 3.48. The monoisotopic (exact) mass is 331 g/mol. The Kier molecular flexibility index (Phi) is 5.43. The van der Waals surface area contributed by atoms with Crippen molar-refractivity contribution >= 4 is 0 Å². The first-order chi connectivity index (χ1) is 11.7. The summed E-state index contributed by atoms with van der Waals surface area (Å²) in [5, 5.41) is 10.4. The molecular formula is C19H25NO4. The van der Waals surface area contributed by atoms with Crippen LogP contribution < -0.4 is 4.74 Å². The molecular weight excluding hydrogens is 306 g/mol. The van der Waals surface area contributed by atoms with Crippen LogP contribution in [0.25, 0.3) is 0 Å². The highest BCUT2D eigenvalue weighted by atomic mass is 16.5. The summed E-state index contributed by atoms with van der Waals surface area (Å²) in [6, 6.07) is 9.56. The van der Waals surface area contributed by atoms with Gasteiger partial charge in [-0.05, 0) is 38.0 Å². The summed E-state index contributed by atoms with van der Waals surface area (Å²) in [5.41, 5.74) is 0.843. The molecule has 1 aromatic heterocycles. The molecule has 0 radical (unpaired) electrons. The third-order valence-corrected chi connectivity index (χ3v) is 4.36. The molecule has 1 N–H and O–H groups in total. The molecule has 0 spiro atoms. The Hall–Kier alpha value is -1.98. The number of furan rings is 1. The Balaban J connectivity index is 1.75. The number of phenolic OH excluding ortho intramolecular Hbond substituents is 1. The van der Waals surface area contributed by atoms with Crippen molar-refractivity contribution in [1.29, 1.82) is 0 Å². The lowest BCUT2D eigenvalue weighted by atomic mass is 10.1. The van der Waals surface area contributed by atoms with Crippen molar-refractivity contribution in [2.75, 3.05) is 20.3 Å². The van der Waals surface area contributed by atoms with Gasteiger partial charge in [0.15, 0.2) is 11.5 Å². The molecule has 1 aliphatic heterocycles. The highest BCUT2D eigenvalue weighted by Crippen LogP contribution is 2.31. The third-order valence-electron chi connectivity index (χ3n) is 4.36. The van der Waals surface area contributed by atoms with Gasteiger partial charge in [-0.2, -0.15) is 0 Å². The van der Waals surface area contributed by atoms with Gasteiger partial charge >= 0.3 is 0 Å². The number of benzene rings is 1. The summed E-state index contributed by atoms with van der Waals surface area (Å²) in [4.78, 5) is 2.25. The zero-order valence-corrected chi connectivity index (χ0v) is 14.3. The van der Waals surface area contributed by atoms with Gasteiger partial charge in [-0.25, -0.2) is 0 Å². The van der Waals surface area contributed by atoms with Crippen LogP contribution in [-0.4, -0.2) is 36.4 Å². The lowest BCUT2D eigenvalue weighted by Gasteiger charge is -2.25. The largest absolute Gasteiger partial charge is 0.504 e. The van der Waals surface area contributed by atoms with E-state index in [9.17, 15) is 5.11 Å². The fraction of sp³-hybridized carbons (Fsp3) is 0.474. The van der Waals surface area contributed by atoms with Crippen LogP contribution in [0.3, 0.4) is 0 Å². The second kappa shape index (κ2) is 7.73. The van der Waals surface area contributed by atoms with Crippen molar-refractivity contribution in [2.45, 2.75) is 39.0 Å². The molecule has 1 aliphatic rings. The Morgan fingerprint density at radius 2 is 2.12 bits per heavy atom. The number of hydrogen-bond acceptors (Lipinski definition) is 5. The summed E-state index contributed by atoms with van der Waals surface area (Å²) < 4.78 is 16.7. The van der Waals surface area contributed by atoms with Gasteiger partial charge in [-0.15, -0.1) is 0 Å². The third kappa shape index (κ3) is 4.10. The molecule has 1 saturated heterocycles. The van der Waals surface area contributed by atoms with E-state index < -0.39 is 0 Å². The molecule has 5 heteroatoms. The Morgan fingerprint density at radius 1 is 1.25 bits per heavy atom. The van der Waals surface area contributed by atoms with Crippen molar-refractivity contribution in [2.24, 2.45) is 0 Å². The van der Waals surface area contributed by atoms with E-state index in [4.69, 9.17) is 13.9 Å². The smallest absolute Gasteiger partial charge is 0.162 e. The topological polar surface area (TPSA) is 55.1 Å². The molecule has 0 saturated carbocycles. The van der Waals surface area contributed by atoms with E-state index in [0.717, 1.165) is 43.1 Å². The quantitative estimate of drug-likeness (QED) is 0.842. The maximum Gasteiger partial charge on any atom is 0.162 e. The molecule has 2 heterocycles. The van der Waals surface area contributed by atoms with Crippen molar-refractivity contribution in [3.63, 3.8) is 0 Å². The zero-order chi connectivity index (χ0) is 16.9. The van der Waals surface area contributed by atoms with E-state index in [-0.39, 0.29) is 11.9 Å². The molecule has 0 amide bonds. The number of hydrogen-bond donors (Lipinski definition) is 1. The number of rotatable bonds is 7. The second-order valence-electron chi connectivity index (χ2n) is 6.29. The molecule has 1 atom stereocenters. The van der Waals surface area contributed by atoms with Crippen LogP contribution in [0.2, 0.25) is 0 Å². The maximum atomic E-state index is 10.4. The molecule has 2 aromatic rings. The Bertz CT molecular complexity index is 661. The van der Waals surface area contributed by atoms with Gasteiger partial charge in [0.2, 0.25) is 0 Å². The summed E-state index contributed by atoms with van der Waals surface area (Å²) >= 11 is 0. The number of phenols is 1. The van der Waals surface area contributed by atoms with Gasteiger partial charge in [0, 0.05) is 25.3 Å². The second-order valence-corrected chi connectivity index (χ2v) is 6.29.